The summed E-state index contributed by atoms with van der Waals surface area (Å²) in [5, 5.41) is 2.11. The Morgan fingerprint density at radius 3 is 2.43 bits per heavy atom. The van der Waals surface area contributed by atoms with Gasteiger partial charge in [0.25, 0.3) is 0 Å². The molecule has 2 heterocycles. The molecular formula is C29H40N2O3S. The first-order chi connectivity index (χ1) is 16.6. The summed E-state index contributed by atoms with van der Waals surface area (Å²) in [5.74, 6) is 1.49. The molecule has 1 fully saturated rings. The lowest BCUT2D eigenvalue weighted by Crippen LogP contribution is -2.54. The molecule has 1 aromatic heterocycles. The minimum absolute atomic E-state index is 0.00637. The summed E-state index contributed by atoms with van der Waals surface area (Å²) >= 11 is 1.75. The number of ether oxygens (including phenoxy) is 1. The molecule has 1 aliphatic heterocycles. The predicted molar refractivity (Wildman–Crippen MR) is 142 cm³/mol. The molecule has 0 bridgehead atoms. The second kappa shape index (κ2) is 10.7. The molecule has 5 nitrogen and oxygen atoms in total. The summed E-state index contributed by atoms with van der Waals surface area (Å²) in [5.41, 5.74) is 2.06. The van der Waals surface area contributed by atoms with E-state index >= 15 is 0 Å². The molecule has 190 valence electrons. The second-order valence-corrected chi connectivity index (χ2v) is 12.3. The molecule has 0 spiro atoms. The Labute approximate surface area is 214 Å². The van der Waals surface area contributed by atoms with Crippen molar-refractivity contribution in [2.75, 3.05) is 19.7 Å². The maximum Gasteiger partial charge on any atom is 0.242 e. The summed E-state index contributed by atoms with van der Waals surface area (Å²) in [7, 11) is 0. The molecule has 2 aliphatic rings. The highest BCUT2D eigenvalue weighted by Gasteiger charge is 2.38. The van der Waals surface area contributed by atoms with E-state index in [1.165, 1.54) is 16.0 Å². The smallest absolute Gasteiger partial charge is 0.242 e. The summed E-state index contributed by atoms with van der Waals surface area (Å²) < 4.78 is 6.22. The molecule has 2 amide bonds. The maximum absolute atomic E-state index is 13.7. The van der Waals surface area contributed by atoms with Gasteiger partial charge in [-0.1, -0.05) is 38.8 Å². The largest absolute Gasteiger partial charge is 0.491 e. The van der Waals surface area contributed by atoms with Crippen molar-refractivity contribution < 1.29 is 14.3 Å². The van der Waals surface area contributed by atoms with Gasteiger partial charge in [0.15, 0.2) is 0 Å². The second-order valence-electron chi connectivity index (χ2n) is 11.3. The topological polar surface area (TPSA) is 49.9 Å². The van der Waals surface area contributed by atoms with Gasteiger partial charge in [0.1, 0.15) is 18.9 Å². The molecule has 4 rings (SSSR count). The zero-order valence-electron chi connectivity index (χ0n) is 21.9. The van der Waals surface area contributed by atoms with Crippen molar-refractivity contribution in [2.24, 2.45) is 5.92 Å². The van der Waals surface area contributed by atoms with E-state index in [-0.39, 0.29) is 30.3 Å². The van der Waals surface area contributed by atoms with Gasteiger partial charge >= 0.3 is 0 Å². The van der Waals surface area contributed by atoms with Crippen LogP contribution in [0.4, 0.5) is 0 Å². The molecule has 1 atom stereocenters. The van der Waals surface area contributed by atoms with Gasteiger partial charge in [-0.2, -0.15) is 0 Å². The van der Waals surface area contributed by atoms with Crippen LogP contribution in [0.15, 0.2) is 35.7 Å². The first-order valence-corrected chi connectivity index (χ1v) is 13.9. The van der Waals surface area contributed by atoms with Crippen molar-refractivity contribution in [1.82, 2.24) is 9.80 Å². The fourth-order valence-corrected chi connectivity index (χ4v) is 6.19. The molecule has 35 heavy (non-hydrogen) atoms. The number of benzene rings is 1. The van der Waals surface area contributed by atoms with E-state index in [4.69, 9.17) is 4.74 Å². The van der Waals surface area contributed by atoms with Crippen LogP contribution in [0.25, 0.3) is 0 Å². The fourth-order valence-electron chi connectivity index (χ4n) is 5.26. The van der Waals surface area contributed by atoms with Crippen LogP contribution in [0, 0.1) is 5.92 Å². The number of carbonyl (C=O) groups excluding carboxylic acids is 2. The predicted octanol–water partition coefficient (Wildman–Crippen LogP) is 6.19. The standard InChI is InChI=1S/C29H40N2O3S/c1-20(2)21-10-12-23(13-11-21)34-19-25-24-15-17-35-26(24)14-16-30(25)27(32)18-31(29(3,4)5)28(33)22-8-6-7-9-22/h10-13,15,17,20,22,25H,6-9,14,16,18-19H2,1-5H3/t25-/m0/s1. The SMILES string of the molecule is CC(C)c1ccc(OC[C@H]2c3ccsc3CCN2C(=O)CN(C(=O)C2CCCC2)C(C)(C)C)cc1. The fraction of sp³-hybridized carbons (Fsp3) is 0.586. The maximum atomic E-state index is 13.7. The molecule has 0 saturated heterocycles. The van der Waals surface area contributed by atoms with Gasteiger partial charge in [-0.15, -0.1) is 11.3 Å². The zero-order chi connectivity index (χ0) is 25.2. The van der Waals surface area contributed by atoms with E-state index in [0.717, 1.165) is 37.9 Å². The Morgan fingerprint density at radius 2 is 1.80 bits per heavy atom. The quantitative estimate of drug-likeness (QED) is 0.459. The van der Waals surface area contributed by atoms with E-state index in [1.54, 1.807) is 11.3 Å². The lowest BCUT2D eigenvalue weighted by molar-refractivity contribution is -0.149. The lowest BCUT2D eigenvalue weighted by Gasteiger charge is -2.41. The Balaban J connectivity index is 1.50. The Kier molecular flexibility index (Phi) is 7.89. The highest BCUT2D eigenvalue weighted by Crippen LogP contribution is 2.35. The zero-order valence-corrected chi connectivity index (χ0v) is 22.7. The number of hydrogen-bond acceptors (Lipinski definition) is 4. The van der Waals surface area contributed by atoms with Crippen molar-refractivity contribution in [3.8, 4) is 5.75 Å². The lowest BCUT2D eigenvalue weighted by atomic mass is 9.98. The first-order valence-electron chi connectivity index (χ1n) is 13.0. The highest BCUT2D eigenvalue weighted by molar-refractivity contribution is 7.10. The van der Waals surface area contributed by atoms with Crippen LogP contribution in [0.3, 0.4) is 0 Å². The summed E-state index contributed by atoms with van der Waals surface area (Å²) in [4.78, 5) is 32.2. The van der Waals surface area contributed by atoms with Gasteiger partial charge in [-0.25, -0.2) is 0 Å². The number of thiophene rings is 1. The number of rotatable bonds is 7. The van der Waals surface area contributed by atoms with E-state index < -0.39 is 5.54 Å². The average molecular weight is 497 g/mol. The third-order valence-electron chi connectivity index (χ3n) is 7.44. The third-order valence-corrected chi connectivity index (χ3v) is 8.44. The summed E-state index contributed by atoms with van der Waals surface area (Å²) in [6.07, 6.45) is 4.94. The number of nitrogens with zero attached hydrogens (tertiary/aromatic N) is 2. The van der Waals surface area contributed by atoms with Crippen LogP contribution < -0.4 is 4.74 Å². The minimum Gasteiger partial charge on any atom is -0.491 e. The number of hydrogen-bond donors (Lipinski definition) is 0. The molecular weight excluding hydrogens is 456 g/mol. The van der Waals surface area contributed by atoms with Crippen molar-refractivity contribution >= 4 is 23.2 Å². The highest BCUT2D eigenvalue weighted by atomic mass is 32.1. The van der Waals surface area contributed by atoms with E-state index in [9.17, 15) is 9.59 Å². The van der Waals surface area contributed by atoms with Gasteiger partial charge in [0.05, 0.1) is 6.04 Å². The normalized spacial score (nSPS) is 18.6. The van der Waals surface area contributed by atoms with Gasteiger partial charge in [0.2, 0.25) is 11.8 Å². The Morgan fingerprint density at radius 1 is 1.11 bits per heavy atom. The van der Waals surface area contributed by atoms with Crippen LogP contribution >= 0.6 is 11.3 Å². The molecule has 1 saturated carbocycles. The Hall–Kier alpha value is -2.34. The van der Waals surface area contributed by atoms with Crippen LogP contribution in [-0.2, 0) is 16.0 Å². The molecule has 0 unspecified atom stereocenters. The van der Waals surface area contributed by atoms with E-state index in [1.807, 2.05) is 42.7 Å². The number of amides is 2. The van der Waals surface area contributed by atoms with Crippen molar-refractivity contribution in [3.05, 3.63) is 51.7 Å². The monoisotopic (exact) mass is 496 g/mol. The molecule has 0 N–H and O–H groups in total. The average Bonchev–Trinajstić information content (AvgIpc) is 3.52. The van der Waals surface area contributed by atoms with Crippen LogP contribution in [0.5, 0.6) is 5.75 Å². The minimum atomic E-state index is -0.400. The molecule has 6 heteroatoms. The van der Waals surface area contributed by atoms with Crippen LogP contribution in [0.2, 0.25) is 0 Å². The van der Waals surface area contributed by atoms with Crippen molar-refractivity contribution in [2.45, 2.75) is 84.2 Å². The molecule has 1 aromatic carbocycles. The van der Waals surface area contributed by atoms with Gasteiger partial charge in [0, 0.05) is 22.9 Å². The van der Waals surface area contributed by atoms with Crippen molar-refractivity contribution in [3.63, 3.8) is 0 Å². The first kappa shape index (κ1) is 25.7. The van der Waals surface area contributed by atoms with Crippen molar-refractivity contribution in [1.29, 1.82) is 0 Å². The number of carbonyl (C=O) groups is 2. The van der Waals surface area contributed by atoms with Crippen LogP contribution in [0.1, 0.15) is 88.3 Å². The summed E-state index contributed by atoms with van der Waals surface area (Å²) in [6, 6.07) is 10.2. The van der Waals surface area contributed by atoms with E-state index in [2.05, 4.69) is 37.4 Å². The van der Waals surface area contributed by atoms with Gasteiger partial charge in [-0.3, -0.25) is 9.59 Å². The molecule has 2 aromatic rings. The molecule has 0 radical (unpaired) electrons. The number of fused-ring (bicyclic) bond motifs is 1. The molecule has 1 aliphatic carbocycles. The van der Waals surface area contributed by atoms with Gasteiger partial charge < -0.3 is 14.5 Å². The van der Waals surface area contributed by atoms with E-state index in [0.29, 0.717) is 19.1 Å². The Bertz CT molecular complexity index is 1020. The third kappa shape index (κ3) is 5.91. The van der Waals surface area contributed by atoms with Crippen LogP contribution in [-0.4, -0.2) is 46.8 Å². The van der Waals surface area contributed by atoms with Gasteiger partial charge in [-0.05, 0) is 80.7 Å². The summed E-state index contributed by atoms with van der Waals surface area (Å²) in [6.45, 7) is 11.6.